The van der Waals surface area contributed by atoms with Gasteiger partial charge in [-0.3, -0.25) is 4.79 Å². The molecule has 1 aromatic carbocycles. The summed E-state index contributed by atoms with van der Waals surface area (Å²) in [7, 11) is 0. The number of aliphatic hydroxyl groups excluding tert-OH is 1. The smallest absolute Gasteiger partial charge is 0.272 e. The number of hydrogen-bond donors (Lipinski definition) is 4. The number of anilines is 1. The molecule has 0 saturated carbocycles. The quantitative estimate of drug-likeness (QED) is 0.315. The van der Waals surface area contributed by atoms with E-state index >= 15 is 0 Å². The lowest BCUT2D eigenvalue weighted by Crippen LogP contribution is -2.28. The monoisotopic (exact) mass is 459 g/mol. The second kappa shape index (κ2) is 9.28. The van der Waals surface area contributed by atoms with E-state index in [-0.39, 0.29) is 29.7 Å². The van der Waals surface area contributed by atoms with Gasteiger partial charge in [0.25, 0.3) is 5.91 Å². The number of nitrogens with zero attached hydrogens (tertiary/aromatic N) is 4. The van der Waals surface area contributed by atoms with Crippen LogP contribution in [0.1, 0.15) is 34.8 Å². The molecule has 166 valence electrons. The highest BCUT2D eigenvalue weighted by Crippen LogP contribution is 2.25. The highest BCUT2D eigenvalue weighted by atomic mass is 35.5. The molecule has 0 aliphatic rings. The van der Waals surface area contributed by atoms with Crippen molar-refractivity contribution in [1.82, 2.24) is 30.4 Å². The Hall–Kier alpha value is -3.57. The molecule has 32 heavy (non-hydrogen) atoms. The molecular formula is C20H19ClFN7O3. The van der Waals surface area contributed by atoms with Crippen LogP contribution in [0.5, 0.6) is 0 Å². The molecule has 0 spiro atoms. The minimum atomic E-state index is -0.565. The fourth-order valence-electron chi connectivity index (χ4n) is 3.03. The van der Waals surface area contributed by atoms with Crippen molar-refractivity contribution in [3.05, 3.63) is 52.6 Å². The number of fused-ring (bicyclic) bond motifs is 1. The SMILES string of the molecule is C[C@@H](NC(=O)c1ncnc(NCCO)c1Cl)c1cc(-c2nc3ccc(CF)cc3[nH]2)no1. The van der Waals surface area contributed by atoms with E-state index in [1.807, 2.05) is 0 Å². The third-order valence-corrected chi connectivity index (χ3v) is 5.01. The maximum absolute atomic E-state index is 12.9. The van der Waals surface area contributed by atoms with E-state index in [1.165, 1.54) is 6.33 Å². The molecule has 0 fully saturated rings. The first-order valence-electron chi connectivity index (χ1n) is 9.67. The van der Waals surface area contributed by atoms with Gasteiger partial charge in [0.2, 0.25) is 0 Å². The van der Waals surface area contributed by atoms with Crippen LogP contribution in [0.15, 0.2) is 35.1 Å². The van der Waals surface area contributed by atoms with Gasteiger partial charge in [-0.1, -0.05) is 22.8 Å². The lowest BCUT2D eigenvalue weighted by atomic mass is 10.2. The number of H-pyrrole nitrogens is 1. The normalized spacial score (nSPS) is 12.1. The van der Waals surface area contributed by atoms with Crippen LogP contribution in [0, 0.1) is 0 Å². The number of aromatic nitrogens is 5. The Morgan fingerprint density at radius 2 is 2.19 bits per heavy atom. The Balaban J connectivity index is 1.49. The molecule has 0 saturated heterocycles. The maximum Gasteiger partial charge on any atom is 0.272 e. The highest BCUT2D eigenvalue weighted by molar-refractivity contribution is 6.35. The topological polar surface area (TPSA) is 142 Å². The Bertz CT molecular complexity index is 1260. The van der Waals surface area contributed by atoms with Crippen molar-refractivity contribution in [2.45, 2.75) is 19.6 Å². The average molecular weight is 460 g/mol. The largest absolute Gasteiger partial charge is 0.395 e. The van der Waals surface area contributed by atoms with Crippen molar-refractivity contribution < 1.29 is 18.8 Å². The predicted molar refractivity (Wildman–Crippen MR) is 115 cm³/mol. The summed E-state index contributed by atoms with van der Waals surface area (Å²) in [4.78, 5) is 28.1. The van der Waals surface area contributed by atoms with Crippen LogP contribution in [0.3, 0.4) is 0 Å². The molecule has 0 radical (unpaired) electrons. The molecule has 4 N–H and O–H groups in total. The third kappa shape index (κ3) is 4.39. The molecule has 0 unspecified atom stereocenters. The summed E-state index contributed by atoms with van der Waals surface area (Å²) in [6.07, 6.45) is 1.20. The summed E-state index contributed by atoms with van der Waals surface area (Å²) in [5.74, 6) is 0.568. The van der Waals surface area contributed by atoms with Gasteiger partial charge in [0.1, 0.15) is 29.5 Å². The van der Waals surface area contributed by atoms with Gasteiger partial charge in [-0.05, 0) is 24.6 Å². The molecule has 0 aliphatic carbocycles. The first-order chi connectivity index (χ1) is 15.5. The number of rotatable bonds is 8. The van der Waals surface area contributed by atoms with E-state index in [0.29, 0.717) is 33.9 Å². The van der Waals surface area contributed by atoms with Crippen LogP contribution in [-0.2, 0) is 6.67 Å². The van der Waals surface area contributed by atoms with E-state index in [4.69, 9.17) is 21.2 Å². The molecule has 10 nitrogen and oxygen atoms in total. The number of carbonyl (C=O) groups excluding carboxylic acids is 1. The second-order valence-electron chi connectivity index (χ2n) is 6.92. The predicted octanol–water partition coefficient (Wildman–Crippen LogP) is 3.03. The minimum Gasteiger partial charge on any atom is -0.395 e. The summed E-state index contributed by atoms with van der Waals surface area (Å²) in [5, 5.41) is 18.5. The van der Waals surface area contributed by atoms with Gasteiger partial charge in [0.05, 0.1) is 23.7 Å². The Morgan fingerprint density at radius 1 is 1.34 bits per heavy atom. The summed E-state index contributed by atoms with van der Waals surface area (Å²) in [6, 6.07) is 6.18. The highest BCUT2D eigenvalue weighted by Gasteiger charge is 2.21. The Morgan fingerprint density at radius 3 is 2.97 bits per heavy atom. The molecule has 4 aromatic rings. The summed E-state index contributed by atoms with van der Waals surface area (Å²) in [5.41, 5.74) is 2.32. The van der Waals surface area contributed by atoms with E-state index in [2.05, 4.69) is 35.7 Å². The van der Waals surface area contributed by atoms with E-state index in [9.17, 15) is 9.18 Å². The van der Waals surface area contributed by atoms with Gasteiger partial charge >= 0.3 is 0 Å². The Kier molecular flexibility index (Phi) is 6.28. The fourth-order valence-corrected chi connectivity index (χ4v) is 3.28. The number of alkyl halides is 1. The zero-order chi connectivity index (χ0) is 22.7. The fraction of sp³-hybridized carbons (Fsp3) is 0.250. The lowest BCUT2D eigenvalue weighted by molar-refractivity contribution is 0.0928. The zero-order valence-corrected chi connectivity index (χ0v) is 17.6. The van der Waals surface area contributed by atoms with Gasteiger partial charge in [0.15, 0.2) is 17.3 Å². The van der Waals surface area contributed by atoms with Gasteiger partial charge in [-0.15, -0.1) is 0 Å². The van der Waals surface area contributed by atoms with Crippen molar-refractivity contribution in [3.8, 4) is 11.5 Å². The van der Waals surface area contributed by atoms with Crippen molar-refractivity contribution >= 4 is 34.4 Å². The summed E-state index contributed by atoms with van der Waals surface area (Å²) < 4.78 is 18.3. The number of benzene rings is 1. The molecule has 3 aromatic heterocycles. The minimum absolute atomic E-state index is 0.0188. The number of amides is 1. The van der Waals surface area contributed by atoms with E-state index < -0.39 is 18.6 Å². The van der Waals surface area contributed by atoms with Crippen LogP contribution in [0.25, 0.3) is 22.6 Å². The number of nitrogens with one attached hydrogen (secondary N) is 3. The van der Waals surface area contributed by atoms with Crippen LogP contribution in [-0.4, -0.2) is 49.3 Å². The number of halogens is 2. The van der Waals surface area contributed by atoms with Crippen molar-refractivity contribution in [2.75, 3.05) is 18.5 Å². The van der Waals surface area contributed by atoms with Crippen LogP contribution < -0.4 is 10.6 Å². The number of aromatic amines is 1. The molecule has 4 rings (SSSR count). The molecular weight excluding hydrogens is 441 g/mol. The first-order valence-corrected chi connectivity index (χ1v) is 10.1. The maximum atomic E-state index is 12.9. The van der Waals surface area contributed by atoms with Crippen molar-refractivity contribution in [3.63, 3.8) is 0 Å². The van der Waals surface area contributed by atoms with Gasteiger partial charge < -0.3 is 25.2 Å². The average Bonchev–Trinajstić information content (AvgIpc) is 3.45. The van der Waals surface area contributed by atoms with E-state index in [0.717, 1.165) is 0 Å². The van der Waals surface area contributed by atoms with Crippen LogP contribution in [0.4, 0.5) is 10.2 Å². The molecule has 1 atom stereocenters. The lowest BCUT2D eigenvalue weighted by Gasteiger charge is -2.12. The van der Waals surface area contributed by atoms with Gasteiger partial charge in [-0.25, -0.2) is 19.3 Å². The second-order valence-corrected chi connectivity index (χ2v) is 7.29. The number of hydrogen-bond acceptors (Lipinski definition) is 8. The van der Waals surface area contributed by atoms with Crippen LogP contribution in [0.2, 0.25) is 5.02 Å². The first kappa shape index (κ1) is 21.7. The molecule has 0 bridgehead atoms. The molecule has 12 heteroatoms. The van der Waals surface area contributed by atoms with Crippen LogP contribution >= 0.6 is 11.6 Å². The number of aliphatic hydroxyl groups is 1. The van der Waals surface area contributed by atoms with Gasteiger partial charge in [-0.2, -0.15) is 0 Å². The summed E-state index contributed by atoms with van der Waals surface area (Å²) >= 11 is 6.21. The zero-order valence-electron chi connectivity index (χ0n) is 16.9. The molecule has 1 amide bonds. The van der Waals surface area contributed by atoms with Crippen molar-refractivity contribution in [2.24, 2.45) is 0 Å². The van der Waals surface area contributed by atoms with E-state index in [1.54, 1.807) is 31.2 Å². The third-order valence-electron chi connectivity index (χ3n) is 4.65. The molecule has 3 heterocycles. The standard InChI is InChI=1S/C20H19ClFN7O3/c1-10(26-20(31)17-16(21)19(23-4-5-30)25-9-24-17)15-7-14(29-32-15)18-27-12-3-2-11(8-22)6-13(12)28-18/h2-3,6-7,9-10,30H,4-5,8H2,1H3,(H,26,31)(H,27,28)(H,23,24,25)/t10-/m1/s1. The Labute approximate surface area is 186 Å². The number of carbonyl (C=O) groups is 1. The van der Waals surface area contributed by atoms with Crippen molar-refractivity contribution in [1.29, 1.82) is 0 Å². The van der Waals surface area contributed by atoms with Gasteiger partial charge in [0, 0.05) is 12.6 Å². The molecule has 0 aliphatic heterocycles. The summed E-state index contributed by atoms with van der Waals surface area (Å²) in [6.45, 7) is 1.26. The number of imidazole rings is 1.